The maximum absolute atomic E-state index is 13.8. The number of nitrogens with two attached hydrogens (primary N) is 1. The lowest BCUT2D eigenvalue weighted by molar-refractivity contribution is -0.132. The minimum atomic E-state index is -0.448. The normalized spacial score (nSPS) is 17.4. The van der Waals surface area contributed by atoms with E-state index in [0.717, 1.165) is 12.8 Å². The van der Waals surface area contributed by atoms with Crippen molar-refractivity contribution < 1.29 is 14.0 Å². The van der Waals surface area contributed by atoms with Crippen LogP contribution < -0.4 is 11.1 Å². The summed E-state index contributed by atoms with van der Waals surface area (Å²) in [4.78, 5) is 30.6. The van der Waals surface area contributed by atoms with Gasteiger partial charge in [0.25, 0.3) is 5.91 Å². The van der Waals surface area contributed by atoms with Crippen molar-refractivity contribution in [1.29, 1.82) is 0 Å². The van der Waals surface area contributed by atoms with Crippen molar-refractivity contribution in [3.05, 3.63) is 65.7 Å². The minimum Gasteiger partial charge on any atom is -0.350 e. The molecule has 6 nitrogen and oxygen atoms in total. The third kappa shape index (κ3) is 5.13. The molecule has 3 N–H and O–H groups in total. The number of amides is 2. The van der Waals surface area contributed by atoms with Crippen LogP contribution in [0.15, 0.2) is 48.8 Å². The molecule has 2 heterocycles. The van der Waals surface area contributed by atoms with Gasteiger partial charge in [-0.25, -0.2) is 4.39 Å². The summed E-state index contributed by atoms with van der Waals surface area (Å²) >= 11 is 0. The second-order valence-electron chi connectivity index (χ2n) is 7.09. The van der Waals surface area contributed by atoms with Crippen LogP contribution in [0.25, 0.3) is 0 Å². The Balaban J connectivity index is 1.51. The third-order valence-electron chi connectivity index (χ3n) is 5.00. The van der Waals surface area contributed by atoms with E-state index in [0.29, 0.717) is 30.6 Å². The van der Waals surface area contributed by atoms with Gasteiger partial charge in [0.05, 0.1) is 5.56 Å². The number of nitrogens with zero attached hydrogens (tertiary/aromatic N) is 2. The van der Waals surface area contributed by atoms with E-state index >= 15 is 0 Å². The van der Waals surface area contributed by atoms with Crippen LogP contribution in [0, 0.1) is 5.82 Å². The molecule has 0 bridgehead atoms. The van der Waals surface area contributed by atoms with Gasteiger partial charge in [-0.15, -0.1) is 0 Å². The van der Waals surface area contributed by atoms with E-state index in [2.05, 4.69) is 10.3 Å². The Hall–Kier alpha value is -2.80. The first-order chi connectivity index (χ1) is 13.5. The van der Waals surface area contributed by atoms with Gasteiger partial charge < -0.3 is 16.0 Å². The van der Waals surface area contributed by atoms with Crippen molar-refractivity contribution in [2.75, 3.05) is 13.1 Å². The Kier molecular flexibility index (Phi) is 6.71. The second kappa shape index (κ2) is 9.41. The number of hydrogen-bond acceptors (Lipinski definition) is 4. The van der Waals surface area contributed by atoms with Crippen molar-refractivity contribution in [2.24, 2.45) is 5.73 Å². The predicted octanol–water partition coefficient (Wildman–Crippen LogP) is 1.90. The Labute approximate surface area is 163 Å². The second-order valence-corrected chi connectivity index (χ2v) is 7.09. The lowest BCUT2D eigenvalue weighted by Crippen LogP contribution is -2.45. The van der Waals surface area contributed by atoms with Crippen molar-refractivity contribution in [2.45, 2.75) is 37.8 Å². The molecule has 148 valence electrons. The number of pyridine rings is 1. The molecule has 1 aliphatic rings. The van der Waals surface area contributed by atoms with E-state index in [1.54, 1.807) is 41.4 Å². The predicted molar refractivity (Wildman–Crippen MR) is 104 cm³/mol. The Bertz CT molecular complexity index is 815. The Morgan fingerprint density at radius 1 is 1.29 bits per heavy atom. The Morgan fingerprint density at radius 2 is 2.11 bits per heavy atom. The van der Waals surface area contributed by atoms with Crippen molar-refractivity contribution in [3.8, 4) is 0 Å². The summed E-state index contributed by atoms with van der Waals surface area (Å²) in [6.45, 7) is 1.04. The maximum atomic E-state index is 13.8. The number of halogens is 1. The van der Waals surface area contributed by atoms with Gasteiger partial charge in [-0.05, 0) is 43.0 Å². The van der Waals surface area contributed by atoms with Crippen molar-refractivity contribution in [1.82, 2.24) is 15.2 Å². The van der Waals surface area contributed by atoms with Crippen LogP contribution in [-0.2, 0) is 11.2 Å². The maximum Gasteiger partial charge on any atom is 0.252 e. The number of carbonyl (C=O) groups is 2. The van der Waals surface area contributed by atoms with Crippen LogP contribution in [0.2, 0.25) is 0 Å². The van der Waals surface area contributed by atoms with E-state index in [1.807, 2.05) is 0 Å². The summed E-state index contributed by atoms with van der Waals surface area (Å²) in [5.41, 5.74) is 7.10. The fourth-order valence-electron chi connectivity index (χ4n) is 3.55. The van der Waals surface area contributed by atoms with E-state index in [1.165, 1.54) is 12.3 Å². The van der Waals surface area contributed by atoms with Gasteiger partial charge in [0.1, 0.15) is 5.82 Å². The highest BCUT2D eigenvalue weighted by atomic mass is 19.1. The number of nitrogens with one attached hydrogen (secondary N) is 1. The molecule has 0 saturated carbocycles. The van der Waals surface area contributed by atoms with Crippen LogP contribution in [0.3, 0.4) is 0 Å². The summed E-state index contributed by atoms with van der Waals surface area (Å²) in [6, 6.07) is 9.37. The zero-order valence-electron chi connectivity index (χ0n) is 15.7. The molecule has 3 rings (SSSR count). The number of rotatable bonds is 7. The standard InChI is InChI=1S/C21H25FN4O2/c22-19-8-2-1-5-15(19)11-17(23)12-20(27)26-10-4-7-18(26)14-25-21(28)16-6-3-9-24-13-16/h1-3,5-6,8-9,13,17-18H,4,7,10-12,14,23H2,(H,25,28)/t17?,18-/m0/s1. The molecule has 1 aromatic heterocycles. The monoisotopic (exact) mass is 384 g/mol. The quantitative estimate of drug-likeness (QED) is 0.763. The van der Waals surface area contributed by atoms with E-state index in [-0.39, 0.29) is 30.1 Å². The van der Waals surface area contributed by atoms with E-state index in [4.69, 9.17) is 5.73 Å². The van der Waals surface area contributed by atoms with Crippen LogP contribution in [0.4, 0.5) is 4.39 Å². The molecular formula is C21H25FN4O2. The summed E-state index contributed by atoms with van der Waals surface area (Å²) < 4.78 is 13.8. The molecule has 2 aromatic rings. The topological polar surface area (TPSA) is 88.3 Å². The molecule has 1 unspecified atom stereocenters. The lowest BCUT2D eigenvalue weighted by Gasteiger charge is -2.26. The van der Waals surface area contributed by atoms with Gasteiger partial charge in [0, 0.05) is 44.0 Å². The van der Waals surface area contributed by atoms with Crippen LogP contribution in [0.5, 0.6) is 0 Å². The SMILES string of the molecule is NC(CC(=O)N1CCC[C@H]1CNC(=O)c1cccnc1)Cc1ccccc1F. The van der Waals surface area contributed by atoms with Gasteiger partial charge in [-0.2, -0.15) is 0 Å². The number of likely N-dealkylation sites (tertiary alicyclic amines) is 1. The molecule has 0 aliphatic carbocycles. The average Bonchev–Trinajstić information content (AvgIpc) is 3.17. The molecule has 1 fully saturated rings. The number of hydrogen-bond donors (Lipinski definition) is 2. The molecule has 2 atom stereocenters. The van der Waals surface area contributed by atoms with Gasteiger partial charge in [-0.1, -0.05) is 18.2 Å². The first kappa shape index (κ1) is 19.9. The molecule has 0 radical (unpaired) electrons. The smallest absolute Gasteiger partial charge is 0.252 e. The largest absolute Gasteiger partial charge is 0.350 e. The van der Waals surface area contributed by atoms with Gasteiger partial charge in [0.2, 0.25) is 5.91 Å². The fourth-order valence-corrected chi connectivity index (χ4v) is 3.55. The molecule has 1 aromatic carbocycles. The van der Waals surface area contributed by atoms with Crippen LogP contribution in [0.1, 0.15) is 35.2 Å². The van der Waals surface area contributed by atoms with Crippen molar-refractivity contribution >= 4 is 11.8 Å². The summed E-state index contributed by atoms with van der Waals surface area (Å²) in [5, 5.41) is 2.87. The van der Waals surface area contributed by atoms with Gasteiger partial charge in [0.15, 0.2) is 0 Å². The average molecular weight is 384 g/mol. The van der Waals surface area contributed by atoms with Crippen molar-refractivity contribution in [3.63, 3.8) is 0 Å². The zero-order valence-corrected chi connectivity index (χ0v) is 15.7. The highest BCUT2D eigenvalue weighted by molar-refractivity contribution is 5.93. The minimum absolute atomic E-state index is 0.0474. The first-order valence-corrected chi connectivity index (χ1v) is 9.51. The summed E-state index contributed by atoms with van der Waals surface area (Å²) in [6.07, 6.45) is 5.31. The molecule has 7 heteroatoms. The molecule has 2 amide bonds. The number of benzene rings is 1. The van der Waals surface area contributed by atoms with Crippen LogP contribution >= 0.6 is 0 Å². The highest BCUT2D eigenvalue weighted by Gasteiger charge is 2.29. The number of carbonyl (C=O) groups excluding carboxylic acids is 2. The zero-order chi connectivity index (χ0) is 19.9. The molecule has 28 heavy (non-hydrogen) atoms. The number of aromatic nitrogens is 1. The van der Waals surface area contributed by atoms with Gasteiger partial charge in [-0.3, -0.25) is 14.6 Å². The molecule has 0 spiro atoms. The fraction of sp³-hybridized carbons (Fsp3) is 0.381. The summed E-state index contributed by atoms with van der Waals surface area (Å²) in [7, 11) is 0. The molecule has 1 saturated heterocycles. The third-order valence-corrected chi connectivity index (χ3v) is 5.00. The molecular weight excluding hydrogens is 359 g/mol. The van der Waals surface area contributed by atoms with Crippen LogP contribution in [-0.4, -0.2) is 46.9 Å². The Morgan fingerprint density at radius 3 is 2.86 bits per heavy atom. The summed E-state index contributed by atoms with van der Waals surface area (Å²) in [5.74, 6) is -0.562. The lowest BCUT2D eigenvalue weighted by atomic mass is 10.0. The first-order valence-electron chi connectivity index (χ1n) is 9.51. The van der Waals surface area contributed by atoms with Gasteiger partial charge >= 0.3 is 0 Å². The van der Waals surface area contributed by atoms with E-state index < -0.39 is 6.04 Å². The highest BCUT2D eigenvalue weighted by Crippen LogP contribution is 2.19. The van der Waals surface area contributed by atoms with E-state index in [9.17, 15) is 14.0 Å². The molecule has 1 aliphatic heterocycles.